The van der Waals surface area contributed by atoms with Gasteiger partial charge in [-0.25, -0.2) is 13.2 Å². The monoisotopic (exact) mass is 328 g/mol. The molecule has 130 valence electrons. The highest BCUT2D eigenvalue weighted by atomic mass is 19.3. The quantitative estimate of drug-likeness (QED) is 0.637. The predicted octanol–water partition coefficient (Wildman–Crippen LogP) is -0.0235. The van der Waals surface area contributed by atoms with E-state index in [1.165, 1.54) is 14.2 Å². The lowest BCUT2D eigenvalue weighted by Crippen LogP contribution is -2.64. The van der Waals surface area contributed by atoms with Gasteiger partial charge in [-0.3, -0.25) is 4.79 Å². The number of amides is 1. The average Bonchev–Trinajstić information content (AvgIpc) is 2.49. The highest BCUT2D eigenvalue weighted by molar-refractivity contribution is 5.82. The molecule has 1 saturated carbocycles. The molecule has 0 bridgehead atoms. The van der Waals surface area contributed by atoms with Gasteiger partial charge in [-0.15, -0.1) is 0 Å². The highest BCUT2D eigenvalue weighted by Crippen LogP contribution is 2.27. The summed E-state index contributed by atoms with van der Waals surface area (Å²) < 4.78 is 51.1. The fraction of sp³-hybridized carbons (Fsp3) is 0.923. The van der Waals surface area contributed by atoms with E-state index in [-0.39, 0.29) is 6.42 Å². The van der Waals surface area contributed by atoms with Gasteiger partial charge in [-0.2, -0.15) is 0 Å². The molecule has 0 aromatic carbocycles. The van der Waals surface area contributed by atoms with E-state index in [0.717, 1.165) is 6.92 Å². The summed E-state index contributed by atoms with van der Waals surface area (Å²) >= 11 is 0. The second kappa shape index (κ2) is 7.58. The molecule has 9 heteroatoms. The summed E-state index contributed by atoms with van der Waals surface area (Å²) in [5.74, 6) is -4.92. The van der Waals surface area contributed by atoms with Crippen LogP contribution in [0.5, 0.6) is 0 Å². The van der Waals surface area contributed by atoms with Crippen LogP contribution in [-0.4, -0.2) is 67.7 Å². The number of nitrogens with one attached hydrogen (secondary N) is 1. The maximum atomic E-state index is 14.4. The van der Waals surface area contributed by atoms with Crippen molar-refractivity contribution in [3.05, 3.63) is 0 Å². The Kier molecular flexibility index (Phi) is 6.60. The van der Waals surface area contributed by atoms with E-state index in [1.807, 2.05) is 0 Å². The molecule has 0 aliphatic heterocycles. The predicted molar refractivity (Wildman–Crippen MR) is 72.3 cm³/mol. The number of methoxy groups -OCH3 is 2. The minimum absolute atomic E-state index is 0.0182. The Bertz CT molecular complexity index is 386. The maximum absolute atomic E-state index is 14.4. The summed E-state index contributed by atoms with van der Waals surface area (Å²) in [6, 6.07) is -1.78. The van der Waals surface area contributed by atoms with Gasteiger partial charge in [-0.05, 0) is 6.42 Å². The molecular formula is C13H23F3N2O4. The number of rotatable bonds is 6. The van der Waals surface area contributed by atoms with E-state index in [9.17, 15) is 23.1 Å². The van der Waals surface area contributed by atoms with Crippen LogP contribution in [0, 0.1) is 0 Å². The molecule has 0 radical (unpaired) electrons. The molecule has 0 aromatic rings. The zero-order valence-electron chi connectivity index (χ0n) is 12.8. The average molecular weight is 328 g/mol. The third-order valence-electron chi connectivity index (χ3n) is 3.96. The van der Waals surface area contributed by atoms with Crippen molar-refractivity contribution in [2.75, 3.05) is 14.2 Å². The molecule has 0 spiro atoms. The van der Waals surface area contributed by atoms with Crippen LogP contribution in [0.1, 0.15) is 19.8 Å². The fourth-order valence-corrected chi connectivity index (χ4v) is 2.57. The summed E-state index contributed by atoms with van der Waals surface area (Å²) in [5.41, 5.74) is 5.84. The molecule has 0 saturated heterocycles. The van der Waals surface area contributed by atoms with E-state index >= 15 is 0 Å². The molecule has 0 heterocycles. The summed E-state index contributed by atoms with van der Waals surface area (Å²) in [4.78, 5) is 11.7. The van der Waals surface area contributed by atoms with Crippen LogP contribution in [0.3, 0.4) is 0 Å². The maximum Gasteiger partial charge on any atom is 0.282 e. The highest BCUT2D eigenvalue weighted by Gasteiger charge is 2.47. The Labute approximate surface area is 127 Å². The molecule has 1 aliphatic carbocycles. The van der Waals surface area contributed by atoms with Crippen LogP contribution in [0.15, 0.2) is 0 Å². The Hall–Kier alpha value is -0.900. The first kappa shape index (κ1) is 19.1. The van der Waals surface area contributed by atoms with Crippen LogP contribution >= 0.6 is 0 Å². The van der Waals surface area contributed by atoms with Gasteiger partial charge in [0.05, 0.1) is 6.04 Å². The Morgan fingerprint density at radius 1 is 1.41 bits per heavy atom. The Balaban J connectivity index is 2.79. The van der Waals surface area contributed by atoms with Crippen LogP contribution in [0.2, 0.25) is 0 Å². The first-order valence-corrected chi connectivity index (χ1v) is 7.01. The van der Waals surface area contributed by atoms with Crippen molar-refractivity contribution >= 4 is 5.91 Å². The summed E-state index contributed by atoms with van der Waals surface area (Å²) in [6.07, 6.45) is -6.71. The van der Waals surface area contributed by atoms with Gasteiger partial charge in [0.2, 0.25) is 0 Å². The summed E-state index contributed by atoms with van der Waals surface area (Å²) in [7, 11) is 2.62. The third kappa shape index (κ3) is 3.89. The standard InChI is InChI=1S/C13H23F3N2O4/c1-4-13(15,16)11(19)12(20)18-7-5-6(17)9(21-2)10(22-3)8(7)14/h6-11,19H,4-5,17H2,1-3H3,(H,18,20)/t6-,7+,8?,9+,10+,11?/m0/s1. The van der Waals surface area contributed by atoms with Crippen molar-refractivity contribution in [3.63, 3.8) is 0 Å². The van der Waals surface area contributed by atoms with Crippen molar-refractivity contribution in [1.29, 1.82) is 0 Å². The normalized spacial score (nSPS) is 34.3. The van der Waals surface area contributed by atoms with E-state index in [0.29, 0.717) is 0 Å². The molecule has 22 heavy (non-hydrogen) atoms. The summed E-state index contributed by atoms with van der Waals surface area (Å²) in [6.45, 7) is 1.13. The minimum atomic E-state index is -3.58. The van der Waals surface area contributed by atoms with E-state index in [4.69, 9.17) is 15.2 Å². The van der Waals surface area contributed by atoms with Gasteiger partial charge in [0.1, 0.15) is 18.4 Å². The van der Waals surface area contributed by atoms with Crippen molar-refractivity contribution < 1.29 is 32.5 Å². The van der Waals surface area contributed by atoms with Crippen molar-refractivity contribution in [1.82, 2.24) is 5.32 Å². The van der Waals surface area contributed by atoms with Crippen LogP contribution in [0.4, 0.5) is 13.2 Å². The van der Waals surface area contributed by atoms with Crippen molar-refractivity contribution in [3.8, 4) is 0 Å². The Morgan fingerprint density at radius 2 is 1.95 bits per heavy atom. The van der Waals surface area contributed by atoms with E-state index in [2.05, 4.69) is 5.32 Å². The van der Waals surface area contributed by atoms with Crippen LogP contribution in [0.25, 0.3) is 0 Å². The number of carbonyl (C=O) groups excluding carboxylic acids is 1. The van der Waals surface area contributed by atoms with Crippen LogP contribution < -0.4 is 11.1 Å². The van der Waals surface area contributed by atoms with Gasteiger partial charge >= 0.3 is 0 Å². The number of alkyl halides is 3. The first-order chi connectivity index (χ1) is 10.2. The number of aliphatic hydroxyl groups is 1. The summed E-state index contributed by atoms with van der Waals surface area (Å²) in [5, 5.41) is 11.5. The van der Waals surface area contributed by atoms with Gasteiger partial charge in [-0.1, -0.05) is 6.92 Å². The lowest BCUT2D eigenvalue weighted by Gasteiger charge is -2.41. The van der Waals surface area contributed by atoms with E-state index < -0.39 is 54.8 Å². The van der Waals surface area contributed by atoms with Crippen LogP contribution in [-0.2, 0) is 14.3 Å². The second-order valence-electron chi connectivity index (χ2n) is 5.38. The topological polar surface area (TPSA) is 93.8 Å². The minimum Gasteiger partial charge on any atom is -0.378 e. The largest absolute Gasteiger partial charge is 0.378 e. The number of aliphatic hydroxyl groups excluding tert-OH is 1. The zero-order valence-corrected chi connectivity index (χ0v) is 12.8. The molecule has 0 aromatic heterocycles. The molecular weight excluding hydrogens is 305 g/mol. The smallest absolute Gasteiger partial charge is 0.282 e. The second-order valence-corrected chi connectivity index (χ2v) is 5.38. The van der Waals surface area contributed by atoms with Crippen molar-refractivity contribution in [2.24, 2.45) is 5.73 Å². The van der Waals surface area contributed by atoms with Gasteiger partial charge in [0.15, 0.2) is 6.10 Å². The molecule has 1 amide bonds. The number of halogens is 3. The molecule has 4 N–H and O–H groups in total. The number of carbonyl (C=O) groups is 1. The first-order valence-electron chi connectivity index (χ1n) is 7.01. The van der Waals surface area contributed by atoms with Gasteiger partial charge in [0, 0.05) is 26.7 Å². The molecule has 6 atom stereocenters. The molecule has 1 aliphatic rings. The zero-order chi connectivity index (χ0) is 17.1. The van der Waals surface area contributed by atoms with Gasteiger partial charge in [0.25, 0.3) is 11.8 Å². The number of ether oxygens (including phenoxy) is 2. The molecule has 1 rings (SSSR count). The van der Waals surface area contributed by atoms with E-state index in [1.54, 1.807) is 0 Å². The SMILES string of the molecule is CCC(F)(F)C(O)C(=O)N[C@@H]1C[C@H](N)[C@@H](OC)[C@H](OC)C1F. The number of hydrogen-bond acceptors (Lipinski definition) is 5. The molecule has 6 nitrogen and oxygen atoms in total. The number of nitrogens with two attached hydrogens (primary N) is 1. The fourth-order valence-electron chi connectivity index (χ4n) is 2.57. The van der Waals surface area contributed by atoms with Gasteiger partial charge < -0.3 is 25.6 Å². The number of hydrogen-bond donors (Lipinski definition) is 3. The molecule has 2 unspecified atom stereocenters. The van der Waals surface area contributed by atoms with Crippen molar-refractivity contribution in [2.45, 2.75) is 62.3 Å². The third-order valence-corrected chi connectivity index (χ3v) is 3.96. The lowest BCUT2D eigenvalue weighted by atomic mass is 9.84. The Morgan fingerprint density at radius 3 is 2.41 bits per heavy atom. The molecule has 1 fully saturated rings. The lowest BCUT2D eigenvalue weighted by molar-refractivity contribution is -0.158.